The van der Waals surface area contributed by atoms with Crippen molar-refractivity contribution >= 4 is 41.2 Å². The molecule has 0 aliphatic carbocycles. The lowest BCUT2D eigenvalue weighted by molar-refractivity contribution is -0.145. The third-order valence-corrected chi connectivity index (χ3v) is 6.94. The highest BCUT2D eigenvalue weighted by Gasteiger charge is 2.27. The highest BCUT2D eigenvalue weighted by atomic mass is 35.5. The van der Waals surface area contributed by atoms with Crippen LogP contribution in [0, 0.1) is 25.2 Å². The Labute approximate surface area is 215 Å². The second-order valence-corrected chi connectivity index (χ2v) is 9.67. The van der Waals surface area contributed by atoms with Crippen LogP contribution < -0.4 is 0 Å². The van der Waals surface area contributed by atoms with Gasteiger partial charge < -0.3 is 14.7 Å². The van der Waals surface area contributed by atoms with E-state index in [1.807, 2.05) is 32.9 Å². The van der Waals surface area contributed by atoms with Gasteiger partial charge in [-0.05, 0) is 86.6 Å². The number of allylic oxidation sites excluding steroid dienone is 1. The number of hydrogen-bond donors (Lipinski definition) is 1. The van der Waals surface area contributed by atoms with Gasteiger partial charge >= 0.3 is 5.97 Å². The number of likely N-dealkylation sites (tertiary alicyclic amines) is 1. The Bertz CT molecular complexity index is 1190. The average molecular weight is 515 g/mol. The van der Waals surface area contributed by atoms with Crippen molar-refractivity contribution in [3.05, 3.63) is 73.3 Å². The summed E-state index contributed by atoms with van der Waals surface area (Å²) < 4.78 is 5.36. The minimum absolute atomic E-state index is 0.173. The monoisotopic (exact) mass is 514 g/mol. The zero-order valence-electron chi connectivity index (χ0n) is 20.0. The number of rotatable bonds is 7. The van der Waals surface area contributed by atoms with Gasteiger partial charge in [-0.25, -0.2) is 4.79 Å². The van der Waals surface area contributed by atoms with Crippen LogP contribution in [0.1, 0.15) is 57.9 Å². The molecule has 8 heteroatoms. The lowest BCUT2D eigenvalue weighted by Crippen LogP contribution is -2.41. The van der Waals surface area contributed by atoms with E-state index in [-0.39, 0.29) is 18.6 Å². The third kappa shape index (κ3) is 6.64. The Kier molecular flexibility index (Phi) is 8.96. The van der Waals surface area contributed by atoms with Gasteiger partial charge in [0, 0.05) is 18.1 Å². The molecule has 6 nitrogen and oxygen atoms in total. The molecule has 3 rings (SSSR count). The topological polar surface area (TPSA) is 90.6 Å². The highest BCUT2D eigenvalue weighted by Crippen LogP contribution is 2.32. The molecule has 1 saturated heterocycles. The Morgan fingerprint density at radius 3 is 2.40 bits per heavy atom. The second kappa shape index (κ2) is 11.7. The number of carboxylic acid groups (broad SMARTS) is 1. The van der Waals surface area contributed by atoms with Gasteiger partial charge in [0.05, 0.1) is 28.3 Å². The lowest BCUT2D eigenvalue weighted by atomic mass is 9.95. The first kappa shape index (κ1) is 26.7. The van der Waals surface area contributed by atoms with Crippen molar-refractivity contribution in [2.45, 2.75) is 46.1 Å². The van der Waals surface area contributed by atoms with Gasteiger partial charge in [-0.2, -0.15) is 5.26 Å². The normalized spacial score (nSPS) is 14.6. The average Bonchev–Trinajstić information content (AvgIpc) is 2.82. The zero-order valence-corrected chi connectivity index (χ0v) is 21.5. The maximum absolute atomic E-state index is 13.2. The summed E-state index contributed by atoms with van der Waals surface area (Å²) >= 11 is 13.2. The molecule has 1 N–H and O–H groups in total. The van der Waals surface area contributed by atoms with E-state index < -0.39 is 5.97 Å². The predicted molar refractivity (Wildman–Crippen MR) is 137 cm³/mol. The maximum atomic E-state index is 13.2. The molecule has 0 saturated carbocycles. The number of nitriles is 1. The van der Waals surface area contributed by atoms with Gasteiger partial charge in [-0.15, -0.1) is 0 Å². The smallest absolute Gasteiger partial charge is 0.329 e. The van der Waals surface area contributed by atoms with Crippen LogP contribution in [-0.4, -0.2) is 47.7 Å². The number of carbonyl (C=O) groups is 2. The number of aryl methyl sites for hydroxylation is 2. The third-order valence-electron chi connectivity index (χ3n) is 6.16. The van der Waals surface area contributed by atoms with Crippen LogP contribution in [0.4, 0.5) is 0 Å². The minimum atomic E-state index is -1.00. The number of carboxylic acids is 1. The van der Waals surface area contributed by atoms with Crippen LogP contribution in [0.5, 0.6) is 0 Å². The van der Waals surface area contributed by atoms with E-state index in [0.717, 1.165) is 22.3 Å². The summed E-state index contributed by atoms with van der Waals surface area (Å²) in [4.78, 5) is 25.6. The van der Waals surface area contributed by atoms with Gasteiger partial charge in [0.1, 0.15) is 6.61 Å². The molecular formula is C27H28Cl2N2O4. The number of carbonyl (C=O) groups excluding carboxylic acids is 1. The fraction of sp³-hybridized carbons (Fsp3) is 0.370. The molecule has 0 unspecified atom stereocenters. The van der Waals surface area contributed by atoms with Gasteiger partial charge in [0.2, 0.25) is 0 Å². The van der Waals surface area contributed by atoms with Gasteiger partial charge in [0.25, 0.3) is 5.91 Å². The zero-order chi connectivity index (χ0) is 25.7. The molecule has 0 aromatic heterocycles. The van der Waals surface area contributed by atoms with E-state index in [4.69, 9.17) is 33.0 Å². The van der Waals surface area contributed by atoms with Crippen molar-refractivity contribution in [1.82, 2.24) is 4.90 Å². The van der Waals surface area contributed by atoms with Crippen LogP contribution in [0.25, 0.3) is 6.08 Å². The van der Waals surface area contributed by atoms with E-state index >= 15 is 0 Å². The number of benzene rings is 2. The molecule has 0 atom stereocenters. The molecular weight excluding hydrogens is 487 g/mol. The van der Waals surface area contributed by atoms with Crippen molar-refractivity contribution in [2.75, 3.05) is 19.7 Å². The standard InChI is InChI=1S/C27H28Cl2N2O4/c1-16(10-22-17(2)12-19(14-30)13-18(22)3)11-23-24(28)5-4-21(26(23)29)27(34)31-8-6-20(7-9-31)35-15-25(32)33/h4-5,10,12-13,20H,6-9,11,15H2,1-3H3,(H,32,33)/b16-10+. The van der Waals surface area contributed by atoms with Crippen molar-refractivity contribution in [3.8, 4) is 6.07 Å². The molecule has 1 heterocycles. The highest BCUT2D eigenvalue weighted by molar-refractivity contribution is 6.38. The van der Waals surface area contributed by atoms with Gasteiger partial charge in [0.15, 0.2) is 0 Å². The van der Waals surface area contributed by atoms with Crippen LogP contribution >= 0.6 is 23.2 Å². The fourth-order valence-electron chi connectivity index (χ4n) is 4.35. The first-order valence-corrected chi connectivity index (χ1v) is 12.1. The summed E-state index contributed by atoms with van der Waals surface area (Å²) in [5.74, 6) is -1.18. The number of aliphatic carboxylic acids is 1. The van der Waals surface area contributed by atoms with Crippen LogP contribution in [-0.2, 0) is 16.0 Å². The Morgan fingerprint density at radius 1 is 1.20 bits per heavy atom. The molecule has 2 aromatic rings. The van der Waals surface area contributed by atoms with Gasteiger partial charge in [-0.1, -0.05) is 34.9 Å². The number of piperidine rings is 1. The molecule has 0 radical (unpaired) electrons. The number of hydrogen-bond acceptors (Lipinski definition) is 4. The first-order chi connectivity index (χ1) is 16.6. The van der Waals surface area contributed by atoms with Gasteiger partial charge in [-0.3, -0.25) is 4.79 Å². The molecule has 1 aliphatic heterocycles. The SMILES string of the molecule is C/C(=C\c1c(C)cc(C#N)cc1C)Cc1c(Cl)ccc(C(=O)N2CCC(OCC(=O)O)CC2)c1Cl. The van der Waals surface area contributed by atoms with Crippen LogP contribution in [0.15, 0.2) is 29.8 Å². The molecule has 1 fully saturated rings. The number of ether oxygens (including phenoxy) is 1. The lowest BCUT2D eigenvalue weighted by Gasteiger charge is -2.32. The van der Waals surface area contributed by atoms with Crippen LogP contribution in [0.3, 0.4) is 0 Å². The van der Waals surface area contributed by atoms with E-state index in [9.17, 15) is 14.9 Å². The van der Waals surface area contributed by atoms with E-state index in [2.05, 4.69) is 12.1 Å². The maximum Gasteiger partial charge on any atom is 0.329 e. The fourth-order valence-corrected chi connectivity index (χ4v) is 4.94. The Hall–Kier alpha value is -2.85. The molecule has 35 heavy (non-hydrogen) atoms. The van der Waals surface area contributed by atoms with Crippen molar-refractivity contribution in [2.24, 2.45) is 0 Å². The van der Waals surface area contributed by atoms with Crippen molar-refractivity contribution in [3.63, 3.8) is 0 Å². The van der Waals surface area contributed by atoms with Crippen LogP contribution in [0.2, 0.25) is 10.0 Å². The number of nitrogens with zero attached hydrogens (tertiary/aromatic N) is 2. The Morgan fingerprint density at radius 2 is 1.83 bits per heavy atom. The first-order valence-electron chi connectivity index (χ1n) is 11.4. The molecule has 0 bridgehead atoms. The summed E-state index contributed by atoms with van der Waals surface area (Å²) in [6.45, 7) is 6.53. The quantitative estimate of drug-likeness (QED) is 0.501. The molecule has 184 valence electrons. The largest absolute Gasteiger partial charge is 0.480 e. The molecule has 2 aromatic carbocycles. The van der Waals surface area contributed by atoms with E-state index in [1.54, 1.807) is 17.0 Å². The second-order valence-electron chi connectivity index (χ2n) is 8.89. The predicted octanol–water partition coefficient (Wildman–Crippen LogP) is 5.83. The minimum Gasteiger partial charge on any atom is -0.480 e. The van der Waals surface area contributed by atoms with E-state index in [1.165, 1.54) is 0 Å². The summed E-state index contributed by atoms with van der Waals surface area (Å²) in [5, 5.41) is 18.8. The van der Waals surface area contributed by atoms with Crippen molar-refractivity contribution < 1.29 is 19.4 Å². The summed E-state index contributed by atoms with van der Waals surface area (Å²) in [5.41, 5.74) is 5.81. The summed E-state index contributed by atoms with van der Waals surface area (Å²) in [7, 11) is 0. The number of amides is 1. The Balaban J connectivity index is 1.77. The molecule has 1 aliphatic rings. The number of halogens is 2. The summed E-state index contributed by atoms with van der Waals surface area (Å²) in [6, 6.07) is 9.25. The van der Waals surface area contributed by atoms with E-state index in [0.29, 0.717) is 59.1 Å². The van der Waals surface area contributed by atoms with Crippen molar-refractivity contribution in [1.29, 1.82) is 5.26 Å². The molecule has 0 spiro atoms. The molecule has 1 amide bonds. The summed E-state index contributed by atoms with van der Waals surface area (Å²) in [6.07, 6.45) is 3.51.